The number of benzene rings is 8. The molecule has 16 nitrogen and oxygen atoms in total. The minimum atomic E-state index is -1.00. The zero-order chi connectivity index (χ0) is 62.4. The normalized spacial score (nSPS) is 12.5. The van der Waals surface area contributed by atoms with E-state index in [2.05, 4.69) is 21.3 Å². The van der Waals surface area contributed by atoms with Crippen molar-refractivity contribution < 1.29 is 61.3 Å². The van der Waals surface area contributed by atoms with E-state index in [1.165, 1.54) is 6.07 Å². The van der Waals surface area contributed by atoms with Crippen molar-refractivity contribution in [2.24, 2.45) is 0 Å². The molecule has 8 aromatic carbocycles. The van der Waals surface area contributed by atoms with Gasteiger partial charge in [-0.3, -0.25) is 0 Å². The summed E-state index contributed by atoms with van der Waals surface area (Å²) in [7, 11) is 0. The van der Waals surface area contributed by atoms with Crippen molar-refractivity contribution in [2.45, 2.75) is 128 Å². The maximum atomic E-state index is 13.0. The summed E-state index contributed by atoms with van der Waals surface area (Å²) in [4.78, 5) is 0. The molecule has 0 amide bonds. The minimum absolute atomic E-state index is 0.0451. The fourth-order valence-corrected chi connectivity index (χ4v) is 11.9. The average Bonchev–Trinajstić information content (AvgIpc) is 1.62. The highest BCUT2D eigenvalue weighted by molar-refractivity contribution is 5.65. The van der Waals surface area contributed by atoms with Crippen LogP contribution in [0.25, 0.3) is 0 Å². The second-order valence-electron chi connectivity index (χ2n) is 22.6. The van der Waals surface area contributed by atoms with E-state index in [9.17, 15) is 61.3 Å². The first-order valence-corrected chi connectivity index (χ1v) is 30.6. The number of nitrogens with one attached hydrogen (secondary N) is 4. The second-order valence-corrected chi connectivity index (χ2v) is 22.6. The van der Waals surface area contributed by atoms with Gasteiger partial charge in [0.05, 0.1) is 11.1 Å². The molecule has 466 valence electrons. The average molecular weight is 1200 g/mol. The van der Waals surface area contributed by atoms with Crippen LogP contribution in [0.2, 0.25) is 0 Å². The maximum absolute atomic E-state index is 13.0. The topological polar surface area (TPSA) is 291 Å². The third-order valence-electron chi connectivity index (χ3n) is 16.6. The Kier molecular flexibility index (Phi) is 24.9. The second kappa shape index (κ2) is 33.3. The number of unbranched alkanes of at least 4 members (excludes halogenated alkanes) is 1. The smallest absolute Gasteiger partial charge is 0.127 e. The number of phenols is 8. The minimum Gasteiger partial charge on any atom is -0.507 e. The van der Waals surface area contributed by atoms with Crippen molar-refractivity contribution in [3.8, 4) is 46.0 Å². The molecule has 0 aliphatic rings. The van der Waals surface area contributed by atoms with E-state index in [0.29, 0.717) is 62.1 Å². The molecular weight excluding hydrogens is 1110 g/mol. The maximum Gasteiger partial charge on any atom is 0.127 e. The SMILES string of the molecule is OCCCCc1cc(C(CCCO)c2cc(C(CCCO)c3cc(C(CCCO)c4ccc(O)c(CNCc5ccccc5)c4O)c(O)c(CNCc4ccccc4)c3O)c(O)c(CNCc3ccccc3)c2O)c(O)c(CNCc2ccccc2)c1O. The van der Waals surface area contributed by atoms with Gasteiger partial charge in [0.25, 0.3) is 0 Å². The van der Waals surface area contributed by atoms with Crippen LogP contribution in [0.3, 0.4) is 0 Å². The molecule has 88 heavy (non-hydrogen) atoms. The lowest BCUT2D eigenvalue weighted by molar-refractivity contribution is 0.280. The van der Waals surface area contributed by atoms with Gasteiger partial charge < -0.3 is 82.5 Å². The van der Waals surface area contributed by atoms with Crippen LogP contribution < -0.4 is 21.3 Å². The summed E-state index contributed by atoms with van der Waals surface area (Å²) in [5.41, 5.74) is 6.55. The van der Waals surface area contributed by atoms with Gasteiger partial charge in [-0.1, -0.05) is 127 Å². The fraction of sp³-hybridized carbons (Fsp3) is 0.333. The Morgan fingerprint density at radius 3 is 0.909 bits per heavy atom. The van der Waals surface area contributed by atoms with Crippen molar-refractivity contribution >= 4 is 0 Å². The number of aliphatic hydroxyl groups excluding tert-OH is 4. The van der Waals surface area contributed by atoms with Crippen molar-refractivity contribution in [2.75, 3.05) is 26.4 Å². The summed E-state index contributed by atoms with van der Waals surface area (Å²) in [6.07, 6.45) is 2.29. The first kappa shape index (κ1) is 65.8. The molecule has 0 bridgehead atoms. The highest BCUT2D eigenvalue weighted by Gasteiger charge is 2.35. The fourth-order valence-electron chi connectivity index (χ4n) is 11.9. The number of aliphatic hydroxyl groups is 4. The summed E-state index contributed by atoms with van der Waals surface area (Å²) >= 11 is 0. The first-order valence-electron chi connectivity index (χ1n) is 30.6. The Morgan fingerprint density at radius 2 is 0.568 bits per heavy atom. The van der Waals surface area contributed by atoms with Gasteiger partial charge in [0.15, 0.2) is 0 Å². The van der Waals surface area contributed by atoms with Crippen molar-refractivity contribution in [3.05, 3.63) is 235 Å². The molecule has 0 radical (unpaired) electrons. The van der Waals surface area contributed by atoms with Crippen LogP contribution >= 0.6 is 0 Å². The molecule has 0 spiro atoms. The predicted octanol–water partition coefficient (Wildman–Crippen LogP) is 10.5. The van der Waals surface area contributed by atoms with Crippen LogP contribution in [-0.2, 0) is 58.8 Å². The number of aromatic hydroxyl groups is 8. The first-order chi connectivity index (χ1) is 42.9. The van der Waals surface area contributed by atoms with Gasteiger partial charge in [0, 0.05) is 141 Å². The van der Waals surface area contributed by atoms with Gasteiger partial charge in [-0.05, 0) is 110 Å². The quantitative estimate of drug-likeness (QED) is 0.0164. The van der Waals surface area contributed by atoms with Crippen LogP contribution in [0.1, 0.15) is 153 Å². The lowest BCUT2D eigenvalue weighted by Crippen LogP contribution is -2.17. The van der Waals surface area contributed by atoms with Gasteiger partial charge in [0.1, 0.15) is 46.0 Å². The van der Waals surface area contributed by atoms with Crippen LogP contribution in [0.4, 0.5) is 0 Å². The van der Waals surface area contributed by atoms with Gasteiger partial charge >= 0.3 is 0 Å². The van der Waals surface area contributed by atoms with Gasteiger partial charge in [-0.2, -0.15) is 0 Å². The van der Waals surface area contributed by atoms with Gasteiger partial charge in [-0.15, -0.1) is 0 Å². The van der Waals surface area contributed by atoms with E-state index in [4.69, 9.17) is 0 Å². The standard InChI is InChI=1S/C72H86N4O12/c77-32-14-13-26-51-36-56(68(84)62(66(51)82)44-74-40-48-20-7-2-8-21-48)53(28-16-34-79)58-38-60(72(88)64(70(58)86)46-76-42-50-24-11-4-12-25-50)54(29-17-35-80)59-37-57(69(85)63(71(59)87)45-75-41-49-22-9-3-10-23-49)52(27-15-33-78)55-30-31-65(81)61(67(55)83)43-73-39-47-18-5-1-6-19-47/h1-12,18-25,30-31,36-38,52-54,73-88H,13-17,26-29,32-35,39-46H2. The number of hydrogen-bond acceptors (Lipinski definition) is 16. The van der Waals surface area contributed by atoms with E-state index < -0.39 is 17.8 Å². The van der Waals surface area contributed by atoms with Crippen molar-refractivity contribution in [3.63, 3.8) is 0 Å². The summed E-state index contributed by atoms with van der Waals surface area (Å²) in [6, 6.07) is 46.6. The molecule has 3 unspecified atom stereocenters. The molecule has 0 saturated carbocycles. The largest absolute Gasteiger partial charge is 0.507 e. The molecule has 0 aliphatic heterocycles. The Bertz CT molecular complexity index is 3470. The zero-order valence-electron chi connectivity index (χ0n) is 49.9. The Balaban J connectivity index is 1.34. The van der Waals surface area contributed by atoms with Crippen LogP contribution in [0.15, 0.2) is 152 Å². The van der Waals surface area contributed by atoms with Crippen LogP contribution in [0, 0.1) is 0 Å². The number of phenolic OH excluding ortho intramolecular Hbond substituents is 8. The molecule has 8 rings (SSSR count). The molecule has 16 heteroatoms. The van der Waals surface area contributed by atoms with Gasteiger partial charge in [-0.25, -0.2) is 0 Å². The Morgan fingerprint density at radius 1 is 0.273 bits per heavy atom. The van der Waals surface area contributed by atoms with Gasteiger partial charge in [0.2, 0.25) is 0 Å². The third kappa shape index (κ3) is 16.7. The highest BCUT2D eigenvalue weighted by atomic mass is 16.3. The van der Waals surface area contributed by atoms with Crippen molar-refractivity contribution in [1.29, 1.82) is 0 Å². The Labute approximate surface area is 515 Å². The molecular formula is C72H86N4O12. The summed E-state index contributed by atoms with van der Waals surface area (Å²) in [6.45, 7) is 0.617. The van der Waals surface area contributed by atoms with E-state index in [1.54, 1.807) is 24.3 Å². The highest BCUT2D eigenvalue weighted by Crippen LogP contribution is 2.53. The zero-order valence-corrected chi connectivity index (χ0v) is 49.9. The number of hydrogen-bond donors (Lipinski definition) is 16. The molecule has 3 atom stereocenters. The van der Waals surface area contributed by atoms with E-state index in [1.807, 2.05) is 121 Å². The van der Waals surface area contributed by atoms with E-state index >= 15 is 0 Å². The lowest BCUT2D eigenvalue weighted by Gasteiger charge is -2.30. The third-order valence-corrected chi connectivity index (χ3v) is 16.6. The molecule has 0 aromatic heterocycles. The molecule has 0 heterocycles. The lowest BCUT2D eigenvalue weighted by atomic mass is 9.77. The summed E-state index contributed by atoms with van der Waals surface area (Å²) in [5.74, 6) is -4.76. The molecule has 8 aromatic rings. The molecule has 16 N–H and O–H groups in total. The molecule has 0 fully saturated rings. The molecule has 0 aliphatic carbocycles. The van der Waals surface area contributed by atoms with Crippen LogP contribution in [0.5, 0.6) is 46.0 Å². The predicted molar refractivity (Wildman–Crippen MR) is 342 cm³/mol. The molecule has 0 saturated heterocycles. The summed E-state index contributed by atoms with van der Waals surface area (Å²) in [5, 5.41) is 155. The van der Waals surface area contributed by atoms with E-state index in [0.717, 1.165) is 22.3 Å². The Hall–Kier alpha value is -8.16. The van der Waals surface area contributed by atoms with Crippen LogP contribution in [-0.4, -0.2) is 87.7 Å². The number of rotatable bonds is 35. The van der Waals surface area contributed by atoms with Crippen molar-refractivity contribution in [1.82, 2.24) is 21.3 Å². The number of aryl methyl sites for hydroxylation is 1. The van der Waals surface area contributed by atoms with E-state index in [-0.39, 0.29) is 182 Å². The summed E-state index contributed by atoms with van der Waals surface area (Å²) < 4.78 is 0. The monoisotopic (exact) mass is 1200 g/mol.